The van der Waals surface area contributed by atoms with E-state index < -0.39 is 12.1 Å². The molecule has 0 aliphatic rings. The highest BCUT2D eigenvalue weighted by Crippen LogP contribution is 2.15. The normalized spacial score (nSPS) is 12.2. The number of aliphatic carboxylic acids is 1. The molecule has 0 rings (SSSR count). The standard InChI is InChI=1S/C19H38N2O4/c1-4-6-7-8-9-10-12-17(13-11-14-18(22)23)25-19(24)20-15-16-21(3)5-2/h17H,4-16H2,1-3H3,(H,20,24)(H,22,23). The van der Waals surface area contributed by atoms with Gasteiger partial charge in [-0.2, -0.15) is 0 Å². The Balaban J connectivity index is 4.09. The number of alkyl carbamates (subject to hydrolysis) is 1. The van der Waals surface area contributed by atoms with Crippen LogP contribution in [-0.2, 0) is 9.53 Å². The highest BCUT2D eigenvalue weighted by Gasteiger charge is 2.15. The molecular weight excluding hydrogens is 320 g/mol. The summed E-state index contributed by atoms with van der Waals surface area (Å²) < 4.78 is 5.51. The monoisotopic (exact) mass is 358 g/mol. The molecule has 25 heavy (non-hydrogen) atoms. The Morgan fingerprint density at radius 3 is 2.32 bits per heavy atom. The SMILES string of the molecule is CCCCCCCCC(CCCC(=O)O)OC(=O)NCCN(C)CC. The van der Waals surface area contributed by atoms with Crippen LogP contribution in [-0.4, -0.2) is 54.9 Å². The van der Waals surface area contributed by atoms with Crippen LogP contribution in [0.1, 0.15) is 78.1 Å². The lowest BCUT2D eigenvalue weighted by Gasteiger charge is -2.19. The zero-order valence-corrected chi connectivity index (χ0v) is 16.4. The molecule has 1 atom stereocenters. The molecule has 0 aromatic carbocycles. The number of hydrogen-bond acceptors (Lipinski definition) is 4. The summed E-state index contributed by atoms with van der Waals surface area (Å²) in [6.07, 6.45) is 8.65. The molecule has 1 amide bonds. The van der Waals surface area contributed by atoms with Gasteiger partial charge in [0, 0.05) is 19.5 Å². The fraction of sp³-hybridized carbons (Fsp3) is 0.895. The first kappa shape index (κ1) is 23.7. The predicted octanol–water partition coefficient (Wildman–Crippen LogP) is 4.04. The Hall–Kier alpha value is -1.30. The molecule has 0 saturated carbocycles. The van der Waals surface area contributed by atoms with Crippen molar-refractivity contribution >= 4 is 12.1 Å². The molecule has 6 heteroatoms. The molecule has 148 valence electrons. The number of amides is 1. The first-order chi connectivity index (χ1) is 12.0. The maximum absolute atomic E-state index is 11.9. The van der Waals surface area contributed by atoms with Gasteiger partial charge in [-0.1, -0.05) is 46.0 Å². The summed E-state index contributed by atoms with van der Waals surface area (Å²) in [5, 5.41) is 11.5. The maximum Gasteiger partial charge on any atom is 0.407 e. The molecule has 0 aliphatic heterocycles. The second-order valence-corrected chi connectivity index (χ2v) is 6.69. The molecule has 0 fully saturated rings. The average molecular weight is 359 g/mol. The van der Waals surface area contributed by atoms with Crippen molar-refractivity contribution in [3.8, 4) is 0 Å². The molecule has 0 spiro atoms. The molecule has 0 aromatic rings. The summed E-state index contributed by atoms with van der Waals surface area (Å²) in [5.74, 6) is -0.801. The molecule has 0 radical (unpaired) electrons. The van der Waals surface area contributed by atoms with E-state index >= 15 is 0 Å². The topological polar surface area (TPSA) is 78.9 Å². The molecule has 0 bridgehead atoms. The Labute approximate surface area is 153 Å². The molecule has 6 nitrogen and oxygen atoms in total. The van der Waals surface area contributed by atoms with Crippen LogP contribution in [0.4, 0.5) is 4.79 Å². The average Bonchev–Trinajstić information content (AvgIpc) is 2.57. The molecule has 0 aliphatic carbocycles. The van der Waals surface area contributed by atoms with E-state index in [9.17, 15) is 9.59 Å². The van der Waals surface area contributed by atoms with E-state index in [1.54, 1.807) is 0 Å². The van der Waals surface area contributed by atoms with Gasteiger partial charge in [-0.25, -0.2) is 4.79 Å². The first-order valence-electron chi connectivity index (χ1n) is 9.84. The van der Waals surface area contributed by atoms with Crippen LogP contribution in [0.5, 0.6) is 0 Å². The molecule has 2 N–H and O–H groups in total. The minimum Gasteiger partial charge on any atom is -0.481 e. The third-order valence-electron chi connectivity index (χ3n) is 4.37. The van der Waals surface area contributed by atoms with Gasteiger partial charge in [-0.15, -0.1) is 0 Å². The number of carbonyl (C=O) groups is 2. The van der Waals surface area contributed by atoms with Crippen molar-refractivity contribution < 1.29 is 19.4 Å². The zero-order valence-electron chi connectivity index (χ0n) is 16.4. The van der Waals surface area contributed by atoms with Gasteiger partial charge in [-0.05, 0) is 39.3 Å². The molecular formula is C19H38N2O4. The highest BCUT2D eigenvalue weighted by molar-refractivity contribution is 5.67. The molecule has 0 saturated heterocycles. The third-order valence-corrected chi connectivity index (χ3v) is 4.37. The van der Waals surface area contributed by atoms with E-state index in [1.807, 2.05) is 7.05 Å². The van der Waals surface area contributed by atoms with E-state index in [0.29, 0.717) is 19.4 Å². The lowest BCUT2D eigenvalue weighted by molar-refractivity contribution is -0.137. The fourth-order valence-corrected chi connectivity index (χ4v) is 2.60. The van der Waals surface area contributed by atoms with E-state index in [1.165, 1.54) is 25.7 Å². The number of carboxylic acid groups (broad SMARTS) is 1. The molecule has 0 aromatic heterocycles. The van der Waals surface area contributed by atoms with Crippen LogP contribution >= 0.6 is 0 Å². The van der Waals surface area contributed by atoms with Gasteiger partial charge in [0.25, 0.3) is 0 Å². The summed E-state index contributed by atoms with van der Waals surface area (Å²) in [6, 6.07) is 0. The van der Waals surface area contributed by atoms with Crippen molar-refractivity contribution in [3.05, 3.63) is 0 Å². The summed E-state index contributed by atoms with van der Waals surface area (Å²) in [5.41, 5.74) is 0. The minimum atomic E-state index is -0.801. The minimum absolute atomic E-state index is 0.124. The number of rotatable bonds is 16. The van der Waals surface area contributed by atoms with Crippen molar-refractivity contribution in [3.63, 3.8) is 0 Å². The lowest BCUT2D eigenvalue weighted by Crippen LogP contribution is -2.35. The Kier molecular flexibility index (Phi) is 15.3. The van der Waals surface area contributed by atoms with Crippen molar-refractivity contribution in [1.82, 2.24) is 10.2 Å². The van der Waals surface area contributed by atoms with Crippen molar-refractivity contribution in [2.24, 2.45) is 0 Å². The van der Waals surface area contributed by atoms with Crippen LogP contribution in [0.2, 0.25) is 0 Å². The summed E-state index contributed by atoms with van der Waals surface area (Å²) in [6.45, 7) is 6.54. The quantitative estimate of drug-likeness (QED) is 0.407. The molecule has 0 heterocycles. The van der Waals surface area contributed by atoms with Gasteiger partial charge >= 0.3 is 12.1 Å². The van der Waals surface area contributed by atoms with Gasteiger partial charge in [0.05, 0.1) is 0 Å². The van der Waals surface area contributed by atoms with E-state index in [-0.39, 0.29) is 12.5 Å². The van der Waals surface area contributed by atoms with Gasteiger partial charge < -0.3 is 20.1 Å². The van der Waals surface area contributed by atoms with Crippen LogP contribution in [0, 0.1) is 0 Å². The number of ether oxygens (including phenoxy) is 1. The predicted molar refractivity (Wildman–Crippen MR) is 101 cm³/mol. The Morgan fingerprint density at radius 1 is 1.04 bits per heavy atom. The second kappa shape index (κ2) is 16.2. The maximum atomic E-state index is 11.9. The van der Waals surface area contributed by atoms with Crippen LogP contribution in [0.25, 0.3) is 0 Å². The summed E-state index contributed by atoms with van der Waals surface area (Å²) in [4.78, 5) is 24.7. The second-order valence-electron chi connectivity index (χ2n) is 6.69. The third kappa shape index (κ3) is 15.9. The van der Waals surface area contributed by atoms with Crippen molar-refractivity contribution in [2.75, 3.05) is 26.7 Å². The van der Waals surface area contributed by atoms with Crippen LogP contribution < -0.4 is 5.32 Å². The van der Waals surface area contributed by atoms with Gasteiger partial charge in [0.1, 0.15) is 6.10 Å². The van der Waals surface area contributed by atoms with Crippen LogP contribution in [0.15, 0.2) is 0 Å². The number of hydrogen-bond donors (Lipinski definition) is 2. The number of nitrogens with zero attached hydrogens (tertiary/aromatic N) is 1. The number of nitrogens with one attached hydrogen (secondary N) is 1. The Bertz CT molecular complexity index is 350. The number of unbranched alkanes of at least 4 members (excludes halogenated alkanes) is 5. The lowest BCUT2D eigenvalue weighted by atomic mass is 10.0. The fourth-order valence-electron chi connectivity index (χ4n) is 2.60. The van der Waals surface area contributed by atoms with E-state index in [4.69, 9.17) is 9.84 Å². The van der Waals surface area contributed by atoms with Gasteiger partial charge in [0.2, 0.25) is 0 Å². The largest absolute Gasteiger partial charge is 0.481 e. The smallest absolute Gasteiger partial charge is 0.407 e. The first-order valence-corrected chi connectivity index (χ1v) is 9.84. The van der Waals surface area contributed by atoms with E-state index in [2.05, 4.69) is 24.1 Å². The summed E-state index contributed by atoms with van der Waals surface area (Å²) in [7, 11) is 2.00. The van der Waals surface area contributed by atoms with Gasteiger partial charge in [-0.3, -0.25) is 4.79 Å². The molecule has 1 unspecified atom stereocenters. The van der Waals surface area contributed by atoms with Crippen LogP contribution in [0.3, 0.4) is 0 Å². The van der Waals surface area contributed by atoms with Crippen molar-refractivity contribution in [1.29, 1.82) is 0 Å². The number of carbonyl (C=O) groups excluding carboxylic acids is 1. The van der Waals surface area contributed by atoms with Gasteiger partial charge in [0.15, 0.2) is 0 Å². The zero-order chi connectivity index (χ0) is 18.9. The van der Waals surface area contributed by atoms with E-state index in [0.717, 1.165) is 32.4 Å². The Morgan fingerprint density at radius 2 is 1.68 bits per heavy atom. The highest BCUT2D eigenvalue weighted by atomic mass is 16.6. The van der Waals surface area contributed by atoms with Crippen molar-refractivity contribution in [2.45, 2.75) is 84.2 Å². The summed E-state index contributed by atoms with van der Waals surface area (Å²) >= 11 is 0. The number of carboxylic acids is 1. The number of likely N-dealkylation sites (N-methyl/N-ethyl adjacent to an activating group) is 1.